The summed E-state index contributed by atoms with van der Waals surface area (Å²) in [5.41, 5.74) is 0.637. The highest BCUT2D eigenvalue weighted by Crippen LogP contribution is 2.65. The van der Waals surface area contributed by atoms with Crippen molar-refractivity contribution in [2.45, 2.75) is 54.9 Å². The average molecular weight is 373 g/mol. The first-order valence-corrected chi connectivity index (χ1v) is 9.88. The zero-order valence-electron chi connectivity index (χ0n) is 15.4. The number of piperidine rings is 1. The first-order valence-electron chi connectivity index (χ1n) is 9.88. The van der Waals surface area contributed by atoms with Gasteiger partial charge in [0, 0.05) is 18.2 Å². The number of ether oxygens (including phenoxy) is 2. The van der Waals surface area contributed by atoms with Gasteiger partial charge in [-0.3, -0.25) is 4.90 Å². The maximum absolute atomic E-state index is 12.1. The lowest BCUT2D eigenvalue weighted by Crippen LogP contribution is -2.77. The molecule has 0 radical (unpaired) electrons. The van der Waals surface area contributed by atoms with Gasteiger partial charge in [0.05, 0.1) is 30.3 Å². The molecule has 1 saturated heterocycles. The van der Waals surface area contributed by atoms with Crippen molar-refractivity contribution in [1.82, 2.24) is 4.90 Å². The Morgan fingerprint density at radius 3 is 3.00 bits per heavy atom. The lowest BCUT2D eigenvalue weighted by molar-refractivity contribution is -0.214. The van der Waals surface area contributed by atoms with E-state index in [0.717, 1.165) is 37.1 Å². The highest BCUT2D eigenvalue weighted by Gasteiger charge is 2.73. The summed E-state index contributed by atoms with van der Waals surface area (Å²) >= 11 is 0. The Balaban J connectivity index is 1.68. The highest BCUT2D eigenvalue weighted by molar-refractivity contribution is 5.62. The fraction of sp³-hybridized carbons (Fsp3) is 0.619. The first-order chi connectivity index (χ1) is 13.1. The van der Waals surface area contributed by atoms with Gasteiger partial charge in [-0.2, -0.15) is 0 Å². The van der Waals surface area contributed by atoms with Crippen LogP contribution in [0.2, 0.25) is 0 Å². The van der Waals surface area contributed by atoms with Crippen LogP contribution in [0.15, 0.2) is 24.8 Å². The van der Waals surface area contributed by atoms with E-state index in [4.69, 9.17) is 9.47 Å². The standard InChI is InChI=1S/C21H27NO5/c1-2-8-22-9-7-20-17-13-3-4-14(24)18(17)27-19(20)15(26-11-10-23)5-6-21(20,25)16(22)12-13/h2-4,15-16,19,23-25H,1,5-12H2/t15-,16+,19-,20?,21+/m0/s1. The zero-order valence-corrected chi connectivity index (χ0v) is 15.4. The molecule has 4 aliphatic rings. The molecule has 146 valence electrons. The minimum atomic E-state index is -0.927. The second kappa shape index (κ2) is 5.95. The van der Waals surface area contributed by atoms with Crippen LogP contribution in [-0.4, -0.2) is 70.4 Å². The number of hydrogen-bond donors (Lipinski definition) is 3. The molecule has 1 spiro atoms. The molecule has 1 unspecified atom stereocenters. The minimum absolute atomic E-state index is 0.00265. The Kier molecular flexibility index (Phi) is 3.85. The second-order valence-electron chi connectivity index (χ2n) is 8.31. The number of hydrogen-bond acceptors (Lipinski definition) is 6. The van der Waals surface area contributed by atoms with Gasteiger partial charge < -0.3 is 24.8 Å². The minimum Gasteiger partial charge on any atom is -0.504 e. The molecule has 2 fully saturated rings. The van der Waals surface area contributed by atoms with Crippen molar-refractivity contribution in [1.29, 1.82) is 0 Å². The van der Waals surface area contributed by atoms with E-state index in [-0.39, 0.29) is 37.2 Å². The van der Waals surface area contributed by atoms with E-state index >= 15 is 0 Å². The number of aliphatic hydroxyl groups is 2. The largest absolute Gasteiger partial charge is 0.504 e. The molecule has 1 aromatic carbocycles. The van der Waals surface area contributed by atoms with Gasteiger partial charge in [-0.1, -0.05) is 12.1 Å². The summed E-state index contributed by atoms with van der Waals surface area (Å²) in [6, 6.07) is 3.67. The quantitative estimate of drug-likeness (QED) is 0.671. The molecule has 5 rings (SSSR count). The van der Waals surface area contributed by atoms with E-state index in [1.165, 1.54) is 0 Å². The van der Waals surface area contributed by atoms with Crippen LogP contribution in [0.1, 0.15) is 30.4 Å². The number of aliphatic hydroxyl groups excluding tert-OH is 1. The number of nitrogens with zero attached hydrogens (tertiary/aromatic N) is 1. The lowest BCUT2D eigenvalue weighted by Gasteiger charge is -2.64. The van der Waals surface area contributed by atoms with Gasteiger partial charge in [-0.05, 0) is 43.9 Å². The van der Waals surface area contributed by atoms with Crippen molar-refractivity contribution in [2.75, 3.05) is 26.3 Å². The number of likely N-dealkylation sites (tertiary alicyclic amines) is 1. The van der Waals surface area contributed by atoms with Crippen LogP contribution in [0.3, 0.4) is 0 Å². The molecule has 2 aliphatic heterocycles. The summed E-state index contributed by atoms with van der Waals surface area (Å²) in [5.74, 6) is 0.652. The molecule has 27 heavy (non-hydrogen) atoms. The summed E-state index contributed by atoms with van der Waals surface area (Å²) in [7, 11) is 0. The van der Waals surface area contributed by atoms with Crippen molar-refractivity contribution >= 4 is 0 Å². The monoisotopic (exact) mass is 373 g/mol. The van der Waals surface area contributed by atoms with Crippen LogP contribution in [-0.2, 0) is 16.6 Å². The number of aromatic hydroxyl groups is 1. The van der Waals surface area contributed by atoms with E-state index in [2.05, 4.69) is 11.5 Å². The van der Waals surface area contributed by atoms with Crippen molar-refractivity contribution in [2.24, 2.45) is 0 Å². The predicted molar refractivity (Wildman–Crippen MR) is 99.1 cm³/mol. The van der Waals surface area contributed by atoms with Crippen LogP contribution in [0.5, 0.6) is 11.5 Å². The Morgan fingerprint density at radius 1 is 1.37 bits per heavy atom. The van der Waals surface area contributed by atoms with Crippen LogP contribution < -0.4 is 4.74 Å². The van der Waals surface area contributed by atoms with E-state index in [1.807, 2.05) is 12.1 Å². The van der Waals surface area contributed by atoms with Crippen molar-refractivity contribution < 1.29 is 24.8 Å². The van der Waals surface area contributed by atoms with Gasteiger partial charge in [-0.25, -0.2) is 0 Å². The molecule has 0 amide bonds. The number of benzene rings is 1. The topological polar surface area (TPSA) is 82.4 Å². The maximum Gasteiger partial charge on any atom is 0.165 e. The maximum atomic E-state index is 12.1. The van der Waals surface area contributed by atoms with Crippen LogP contribution in [0.25, 0.3) is 0 Å². The normalized spacial score (nSPS) is 39.0. The van der Waals surface area contributed by atoms with Gasteiger partial charge in [0.2, 0.25) is 0 Å². The Hall–Kier alpha value is -1.60. The van der Waals surface area contributed by atoms with Crippen molar-refractivity contribution in [3.05, 3.63) is 35.9 Å². The van der Waals surface area contributed by atoms with E-state index in [1.54, 1.807) is 6.07 Å². The first kappa shape index (κ1) is 17.5. The summed E-state index contributed by atoms with van der Waals surface area (Å²) in [6.07, 6.45) is 4.13. The molecule has 1 saturated carbocycles. The fourth-order valence-corrected chi connectivity index (χ4v) is 6.34. The van der Waals surface area contributed by atoms with Gasteiger partial charge in [0.1, 0.15) is 6.10 Å². The molecule has 2 heterocycles. The van der Waals surface area contributed by atoms with Crippen molar-refractivity contribution in [3.8, 4) is 11.5 Å². The summed E-state index contributed by atoms with van der Waals surface area (Å²) in [6.45, 7) is 5.69. The van der Waals surface area contributed by atoms with Crippen molar-refractivity contribution in [3.63, 3.8) is 0 Å². The molecule has 2 bridgehead atoms. The average Bonchev–Trinajstić information content (AvgIpc) is 3.01. The lowest BCUT2D eigenvalue weighted by atomic mass is 9.48. The zero-order chi connectivity index (χ0) is 18.8. The predicted octanol–water partition coefficient (Wildman–Crippen LogP) is 1.11. The molecule has 1 aromatic rings. The van der Waals surface area contributed by atoms with Gasteiger partial charge in [-0.15, -0.1) is 6.58 Å². The summed E-state index contributed by atoms with van der Waals surface area (Å²) < 4.78 is 12.3. The van der Waals surface area contributed by atoms with Gasteiger partial charge in [0.15, 0.2) is 11.5 Å². The number of phenols is 1. The number of phenolic OH excluding ortho intramolecular Hbond substituents is 1. The van der Waals surface area contributed by atoms with E-state index in [9.17, 15) is 15.3 Å². The van der Waals surface area contributed by atoms with E-state index < -0.39 is 11.0 Å². The molecule has 3 N–H and O–H groups in total. The SMILES string of the molecule is C=CCN1CCC23c4c5ccc(O)c4O[C@H]2[C@@H](OCCO)CC[C@@]3(O)[C@H]1C5. The third kappa shape index (κ3) is 2.04. The number of rotatable bonds is 5. The molecular formula is C21H27NO5. The third-order valence-corrected chi connectivity index (χ3v) is 7.31. The summed E-state index contributed by atoms with van der Waals surface area (Å²) in [4.78, 5) is 2.33. The van der Waals surface area contributed by atoms with Gasteiger partial charge in [0.25, 0.3) is 0 Å². The fourth-order valence-electron chi connectivity index (χ4n) is 6.34. The molecule has 6 heteroatoms. The van der Waals surface area contributed by atoms with Crippen LogP contribution in [0, 0.1) is 0 Å². The third-order valence-electron chi connectivity index (χ3n) is 7.31. The Morgan fingerprint density at radius 2 is 2.22 bits per heavy atom. The van der Waals surface area contributed by atoms with E-state index in [0.29, 0.717) is 18.6 Å². The smallest absolute Gasteiger partial charge is 0.165 e. The van der Waals surface area contributed by atoms with Crippen LogP contribution in [0.4, 0.5) is 0 Å². The molecule has 5 atom stereocenters. The molecule has 2 aliphatic carbocycles. The summed E-state index contributed by atoms with van der Waals surface area (Å²) in [5, 5.41) is 31.8. The second-order valence-corrected chi connectivity index (χ2v) is 8.31. The Labute approximate surface area is 159 Å². The molecular weight excluding hydrogens is 346 g/mol. The highest BCUT2D eigenvalue weighted by atomic mass is 16.6. The molecule has 0 aromatic heterocycles. The Bertz CT molecular complexity index is 782. The molecule has 6 nitrogen and oxygen atoms in total. The van der Waals surface area contributed by atoms with Gasteiger partial charge >= 0.3 is 0 Å². The van der Waals surface area contributed by atoms with Crippen LogP contribution >= 0.6 is 0 Å².